The van der Waals surface area contributed by atoms with Crippen molar-refractivity contribution in [2.75, 3.05) is 24.5 Å². The molecule has 39 heavy (non-hydrogen) atoms. The number of nitrogens with one attached hydrogen (secondary N) is 1. The van der Waals surface area contributed by atoms with Crippen LogP contribution in [0.15, 0.2) is 83.8 Å². The minimum Gasteiger partial charge on any atom is -0.497 e. The molecule has 0 saturated carbocycles. The number of sulfonamides is 1. The number of halogens is 1. The Morgan fingerprint density at radius 3 is 2.13 bits per heavy atom. The number of anilines is 1. The Labute approximate surface area is 229 Å². The third-order valence-corrected chi connectivity index (χ3v) is 7.91. The van der Waals surface area contributed by atoms with Crippen molar-refractivity contribution >= 4 is 27.5 Å². The SMILES string of the molecule is COc1ccc(S(=O)(=O)N(CC(=O)N(Cc2ccccc2F)[C@H](C)C(=O)NCC(C)C)c2ccccc2)cc1. The number of hydrogen-bond acceptors (Lipinski definition) is 5. The Bertz CT molecular complexity index is 1370. The number of rotatable bonds is 12. The van der Waals surface area contributed by atoms with Crippen molar-refractivity contribution in [2.45, 2.75) is 38.3 Å². The van der Waals surface area contributed by atoms with E-state index >= 15 is 0 Å². The summed E-state index contributed by atoms with van der Waals surface area (Å²) in [5.41, 5.74) is 0.475. The van der Waals surface area contributed by atoms with Crippen LogP contribution in [-0.4, -0.2) is 51.4 Å². The number of para-hydroxylation sites is 1. The zero-order chi connectivity index (χ0) is 28.6. The van der Waals surface area contributed by atoms with Crippen LogP contribution >= 0.6 is 0 Å². The average Bonchev–Trinajstić information content (AvgIpc) is 2.94. The summed E-state index contributed by atoms with van der Waals surface area (Å²) in [5.74, 6) is -0.950. The molecule has 0 spiro atoms. The number of amides is 2. The van der Waals surface area contributed by atoms with E-state index in [1.807, 2.05) is 13.8 Å². The molecule has 8 nitrogen and oxygen atoms in total. The molecule has 0 saturated heterocycles. The first-order valence-corrected chi connectivity index (χ1v) is 14.0. The highest BCUT2D eigenvalue weighted by Crippen LogP contribution is 2.26. The van der Waals surface area contributed by atoms with Crippen LogP contribution in [0.3, 0.4) is 0 Å². The van der Waals surface area contributed by atoms with Crippen LogP contribution in [-0.2, 0) is 26.2 Å². The third-order valence-electron chi connectivity index (χ3n) is 6.12. The quantitative estimate of drug-likeness (QED) is 0.361. The second-order valence-electron chi connectivity index (χ2n) is 9.45. The minimum atomic E-state index is -4.20. The van der Waals surface area contributed by atoms with Gasteiger partial charge in [-0.05, 0) is 55.3 Å². The summed E-state index contributed by atoms with van der Waals surface area (Å²) >= 11 is 0. The predicted octanol–water partition coefficient (Wildman–Crippen LogP) is 4.22. The maximum atomic E-state index is 14.6. The number of ether oxygens (including phenoxy) is 1. The van der Waals surface area contributed by atoms with Crippen LogP contribution in [0.5, 0.6) is 5.75 Å². The summed E-state index contributed by atoms with van der Waals surface area (Å²) < 4.78 is 48.2. The molecule has 0 aliphatic heterocycles. The second kappa shape index (κ2) is 13.2. The Balaban J connectivity index is 1.99. The van der Waals surface area contributed by atoms with Gasteiger partial charge in [-0.15, -0.1) is 0 Å². The van der Waals surface area contributed by atoms with E-state index in [1.165, 1.54) is 54.5 Å². The topological polar surface area (TPSA) is 96.0 Å². The largest absolute Gasteiger partial charge is 0.497 e. The van der Waals surface area contributed by atoms with E-state index in [0.717, 1.165) is 4.31 Å². The molecule has 1 N–H and O–H groups in total. The van der Waals surface area contributed by atoms with Gasteiger partial charge < -0.3 is 15.0 Å². The van der Waals surface area contributed by atoms with Gasteiger partial charge in [0.25, 0.3) is 10.0 Å². The summed E-state index contributed by atoms with van der Waals surface area (Å²) in [6, 6.07) is 19.0. The zero-order valence-corrected chi connectivity index (χ0v) is 23.3. The molecule has 0 bridgehead atoms. The molecule has 3 rings (SSSR count). The first-order valence-electron chi connectivity index (χ1n) is 12.6. The molecule has 1 atom stereocenters. The smallest absolute Gasteiger partial charge is 0.264 e. The van der Waals surface area contributed by atoms with E-state index in [9.17, 15) is 22.4 Å². The molecule has 0 aliphatic rings. The van der Waals surface area contributed by atoms with E-state index in [4.69, 9.17) is 4.74 Å². The van der Waals surface area contributed by atoms with Gasteiger partial charge in [0.15, 0.2) is 0 Å². The Hall–Kier alpha value is -3.92. The molecule has 0 aliphatic carbocycles. The molecular weight excluding hydrogens is 521 g/mol. The summed E-state index contributed by atoms with van der Waals surface area (Å²) in [6.45, 7) is 5.00. The first kappa shape index (κ1) is 29.6. The lowest BCUT2D eigenvalue weighted by atomic mass is 10.1. The Morgan fingerprint density at radius 1 is 0.923 bits per heavy atom. The van der Waals surface area contributed by atoms with Crippen LogP contribution in [0, 0.1) is 11.7 Å². The second-order valence-corrected chi connectivity index (χ2v) is 11.3. The fourth-order valence-corrected chi connectivity index (χ4v) is 5.26. The summed E-state index contributed by atoms with van der Waals surface area (Å²) in [6.07, 6.45) is 0. The number of carbonyl (C=O) groups is 2. The fraction of sp³-hybridized carbons (Fsp3) is 0.310. The van der Waals surface area contributed by atoms with Gasteiger partial charge in [-0.25, -0.2) is 12.8 Å². The normalized spacial score (nSPS) is 12.1. The average molecular weight is 556 g/mol. The lowest BCUT2D eigenvalue weighted by Gasteiger charge is -2.32. The fourth-order valence-electron chi connectivity index (χ4n) is 3.84. The van der Waals surface area contributed by atoms with Crippen molar-refractivity contribution in [3.8, 4) is 5.75 Å². The number of benzene rings is 3. The van der Waals surface area contributed by atoms with Crippen LogP contribution in [0.4, 0.5) is 10.1 Å². The highest BCUT2D eigenvalue weighted by atomic mass is 32.2. The molecule has 0 unspecified atom stereocenters. The van der Waals surface area contributed by atoms with Crippen molar-refractivity contribution < 1.29 is 27.1 Å². The van der Waals surface area contributed by atoms with E-state index in [0.29, 0.717) is 12.3 Å². The summed E-state index contributed by atoms with van der Waals surface area (Å²) in [4.78, 5) is 27.9. The maximum Gasteiger partial charge on any atom is 0.264 e. The van der Waals surface area contributed by atoms with E-state index in [2.05, 4.69) is 5.32 Å². The van der Waals surface area contributed by atoms with Gasteiger partial charge in [-0.3, -0.25) is 13.9 Å². The molecule has 0 heterocycles. The van der Waals surface area contributed by atoms with Crippen LogP contribution in [0.1, 0.15) is 26.3 Å². The number of hydrogen-bond donors (Lipinski definition) is 1. The molecule has 0 aromatic heterocycles. The maximum absolute atomic E-state index is 14.6. The van der Waals surface area contributed by atoms with E-state index < -0.39 is 40.2 Å². The van der Waals surface area contributed by atoms with E-state index in [1.54, 1.807) is 43.3 Å². The lowest BCUT2D eigenvalue weighted by Crippen LogP contribution is -2.51. The van der Waals surface area contributed by atoms with Gasteiger partial charge in [-0.1, -0.05) is 50.2 Å². The summed E-state index contributed by atoms with van der Waals surface area (Å²) in [5, 5.41) is 2.80. The van der Waals surface area contributed by atoms with Crippen molar-refractivity contribution in [3.63, 3.8) is 0 Å². The van der Waals surface area contributed by atoms with Crippen molar-refractivity contribution in [3.05, 3.63) is 90.2 Å². The molecule has 2 amide bonds. The number of nitrogens with zero attached hydrogens (tertiary/aromatic N) is 2. The number of methoxy groups -OCH3 is 1. The molecule has 10 heteroatoms. The Morgan fingerprint density at radius 2 is 1.54 bits per heavy atom. The van der Waals surface area contributed by atoms with Crippen molar-refractivity contribution in [1.82, 2.24) is 10.2 Å². The zero-order valence-electron chi connectivity index (χ0n) is 22.5. The number of carbonyl (C=O) groups excluding carboxylic acids is 2. The van der Waals surface area contributed by atoms with Gasteiger partial charge in [0.05, 0.1) is 17.7 Å². The van der Waals surface area contributed by atoms with Gasteiger partial charge >= 0.3 is 0 Å². The molecule has 208 valence electrons. The molecule has 0 radical (unpaired) electrons. The minimum absolute atomic E-state index is 0.0386. The molecular formula is C29H34FN3O5S. The van der Waals surface area contributed by atoms with Gasteiger partial charge in [-0.2, -0.15) is 0 Å². The standard InChI is InChI=1S/C29H34FN3O5S/c1-21(2)18-31-29(35)22(3)32(19-23-10-8-9-13-27(23)30)28(34)20-33(24-11-6-5-7-12-24)39(36,37)26-16-14-25(38-4)15-17-26/h5-17,21-22H,18-20H2,1-4H3,(H,31,35)/t22-/m1/s1. The van der Waals surface area contributed by atoms with E-state index in [-0.39, 0.29) is 28.6 Å². The first-order chi connectivity index (χ1) is 18.5. The summed E-state index contributed by atoms with van der Waals surface area (Å²) in [7, 11) is -2.73. The van der Waals surface area contributed by atoms with Gasteiger partial charge in [0, 0.05) is 18.7 Å². The molecule has 3 aromatic carbocycles. The van der Waals surface area contributed by atoms with Gasteiger partial charge in [0.1, 0.15) is 24.2 Å². The van der Waals surface area contributed by atoms with Crippen molar-refractivity contribution in [1.29, 1.82) is 0 Å². The van der Waals surface area contributed by atoms with Crippen LogP contribution in [0.25, 0.3) is 0 Å². The Kier molecular flexibility index (Phi) is 10.1. The van der Waals surface area contributed by atoms with Crippen LogP contribution in [0.2, 0.25) is 0 Å². The molecule has 0 fully saturated rings. The molecule has 3 aromatic rings. The van der Waals surface area contributed by atoms with Crippen LogP contribution < -0.4 is 14.4 Å². The highest BCUT2D eigenvalue weighted by Gasteiger charge is 2.32. The van der Waals surface area contributed by atoms with Crippen molar-refractivity contribution in [2.24, 2.45) is 5.92 Å². The predicted molar refractivity (Wildman–Crippen MR) is 148 cm³/mol. The lowest BCUT2D eigenvalue weighted by molar-refractivity contribution is -0.139. The monoisotopic (exact) mass is 555 g/mol. The third kappa shape index (κ3) is 7.57. The van der Waals surface area contributed by atoms with Gasteiger partial charge in [0.2, 0.25) is 11.8 Å². The highest BCUT2D eigenvalue weighted by molar-refractivity contribution is 7.92.